The number of ether oxygens (including phenoxy) is 1. The monoisotopic (exact) mass is 416 g/mol. The number of fused-ring (bicyclic) bond motifs is 2. The van der Waals surface area contributed by atoms with Crippen LogP contribution in [0.3, 0.4) is 0 Å². The van der Waals surface area contributed by atoms with Crippen LogP contribution in [0.25, 0.3) is 11.3 Å². The molecule has 0 radical (unpaired) electrons. The lowest BCUT2D eigenvalue weighted by atomic mass is 9.85. The molecular formula is C24H24N4O3. The lowest BCUT2D eigenvalue weighted by Crippen LogP contribution is -2.36. The zero-order valence-corrected chi connectivity index (χ0v) is 17.5. The highest BCUT2D eigenvalue weighted by molar-refractivity contribution is 5.79. The quantitative estimate of drug-likeness (QED) is 0.653. The molecule has 1 fully saturated rings. The van der Waals surface area contributed by atoms with Crippen LogP contribution in [0.1, 0.15) is 24.2 Å². The summed E-state index contributed by atoms with van der Waals surface area (Å²) in [7, 11) is 1.61. The summed E-state index contributed by atoms with van der Waals surface area (Å²) in [6, 6.07) is 17.0. The minimum absolute atomic E-state index is 0.117. The molecule has 5 rings (SSSR count). The van der Waals surface area contributed by atoms with E-state index in [1.54, 1.807) is 11.7 Å². The molecule has 1 unspecified atom stereocenters. The summed E-state index contributed by atoms with van der Waals surface area (Å²) < 4.78 is 6.94. The van der Waals surface area contributed by atoms with Gasteiger partial charge in [-0.1, -0.05) is 30.3 Å². The summed E-state index contributed by atoms with van der Waals surface area (Å²) in [4.78, 5) is 27.9. The van der Waals surface area contributed by atoms with Crippen molar-refractivity contribution in [1.29, 1.82) is 0 Å². The first-order valence-corrected chi connectivity index (χ1v) is 10.5. The molecule has 3 aromatic rings. The SMILES string of the molecule is COc1ccc(-c2nnc3n(c2=O)CCC32CCN(C(=O)Cc3ccccc3)C2)cc1. The Kier molecular flexibility index (Phi) is 4.81. The molecule has 2 aliphatic rings. The third kappa shape index (κ3) is 3.40. The Labute approximate surface area is 180 Å². The van der Waals surface area contributed by atoms with E-state index in [1.807, 2.05) is 59.5 Å². The van der Waals surface area contributed by atoms with Crippen molar-refractivity contribution < 1.29 is 9.53 Å². The van der Waals surface area contributed by atoms with Gasteiger partial charge in [-0.05, 0) is 42.7 Å². The van der Waals surface area contributed by atoms with Crippen LogP contribution in [-0.4, -0.2) is 45.8 Å². The number of hydrogen-bond donors (Lipinski definition) is 0. The molecule has 3 heterocycles. The van der Waals surface area contributed by atoms with E-state index >= 15 is 0 Å². The van der Waals surface area contributed by atoms with E-state index < -0.39 is 0 Å². The van der Waals surface area contributed by atoms with Crippen LogP contribution in [0, 0.1) is 0 Å². The van der Waals surface area contributed by atoms with Gasteiger partial charge in [-0.25, -0.2) is 0 Å². The van der Waals surface area contributed by atoms with Crippen LogP contribution >= 0.6 is 0 Å². The average Bonchev–Trinajstić information content (AvgIpc) is 3.40. The Morgan fingerprint density at radius 2 is 1.77 bits per heavy atom. The molecule has 7 heteroatoms. The number of rotatable bonds is 4. The second kappa shape index (κ2) is 7.65. The summed E-state index contributed by atoms with van der Waals surface area (Å²) >= 11 is 0. The zero-order valence-electron chi connectivity index (χ0n) is 17.5. The topological polar surface area (TPSA) is 77.3 Å². The average molecular weight is 416 g/mol. The molecule has 1 amide bonds. The van der Waals surface area contributed by atoms with Crippen molar-refractivity contribution in [1.82, 2.24) is 19.7 Å². The largest absolute Gasteiger partial charge is 0.497 e. The van der Waals surface area contributed by atoms with Crippen molar-refractivity contribution in [3.05, 3.63) is 76.3 Å². The van der Waals surface area contributed by atoms with E-state index in [0.29, 0.717) is 37.6 Å². The predicted molar refractivity (Wildman–Crippen MR) is 116 cm³/mol. The van der Waals surface area contributed by atoms with Crippen molar-refractivity contribution in [2.45, 2.75) is 31.2 Å². The second-order valence-electron chi connectivity index (χ2n) is 8.32. The molecule has 2 aliphatic heterocycles. The Hall–Kier alpha value is -3.48. The molecule has 158 valence electrons. The normalized spacial score (nSPS) is 19.6. The van der Waals surface area contributed by atoms with Crippen molar-refractivity contribution in [3.8, 4) is 17.0 Å². The molecule has 0 bridgehead atoms. The van der Waals surface area contributed by atoms with Gasteiger partial charge >= 0.3 is 0 Å². The highest BCUT2D eigenvalue weighted by Crippen LogP contribution is 2.41. The number of amides is 1. The number of aromatic nitrogens is 3. The maximum Gasteiger partial charge on any atom is 0.280 e. The van der Waals surface area contributed by atoms with E-state index in [-0.39, 0.29) is 16.9 Å². The molecule has 0 saturated carbocycles. The highest BCUT2D eigenvalue weighted by Gasteiger charge is 2.48. The van der Waals surface area contributed by atoms with Crippen LogP contribution in [0.15, 0.2) is 59.4 Å². The maximum absolute atomic E-state index is 13.2. The molecule has 1 aromatic heterocycles. The molecular weight excluding hydrogens is 392 g/mol. The number of carbonyl (C=O) groups excluding carboxylic acids is 1. The Morgan fingerprint density at radius 3 is 2.52 bits per heavy atom. The number of nitrogens with zero attached hydrogens (tertiary/aromatic N) is 4. The third-order valence-corrected chi connectivity index (χ3v) is 6.50. The minimum atomic E-state index is -0.281. The molecule has 0 N–H and O–H groups in total. The van der Waals surface area contributed by atoms with Crippen molar-refractivity contribution in [2.24, 2.45) is 0 Å². The molecule has 0 aliphatic carbocycles. The first-order valence-electron chi connectivity index (χ1n) is 10.5. The highest BCUT2D eigenvalue weighted by atomic mass is 16.5. The van der Waals surface area contributed by atoms with E-state index in [2.05, 4.69) is 10.2 Å². The first-order chi connectivity index (χ1) is 15.1. The van der Waals surface area contributed by atoms with E-state index in [1.165, 1.54) is 0 Å². The van der Waals surface area contributed by atoms with Crippen molar-refractivity contribution in [3.63, 3.8) is 0 Å². The first kappa shape index (κ1) is 19.5. The van der Waals surface area contributed by atoms with Crippen LogP contribution in [0.4, 0.5) is 0 Å². The maximum atomic E-state index is 13.2. The summed E-state index contributed by atoms with van der Waals surface area (Å²) in [5, 5.41) is 8.80. The Bertz CT molecular complexity index is 1170. The number of methoxy groups -OCH3 is 1. The molecule has 31 heavy (non-hydrogen) atoms. The summed E-state index contributed by atoms with van der Waals surface area (Å²) in [5.74, 6) is 1.56. The van der Waals surface area contributed by atoms with Gasteiger partial charge in [0.2, 0.25) is 5.91 Å². The summed E-state index contributed by atoms with van der Waals surface area (Å²) in [6.07, 6.45) is 2.01. The van der Waals surface area contributed by atoms with E-state index in [4.69, 9.17) is 4.74 Å². The lowest BCUT2D eigenvalue weighted by molar-refractivity contribution is -0.129. The van der Waals surface area contributed by atoms with Crippen LogP contribution < -0.4 is 10.3 Å². The lowest BCUT2D eigenvalue weighted by Gasteiger charge is -2.23. The fraction of sp³-hybridized carbons (Fsp3) is 0.333. The van der Waals surface area contributed by atoms with Crippen LogP contribution in [0.5, 0.6) is 5.75 Å². The van der Waals surface area contributed by atoms with E-state index in [9.17, 15) is 9.59 Å². The molecule has 2 aromatic carbocycles. The van der Waals surface area contributed by atoms with Crippen molar-refractivity contribution in [2.75, 3.05) is 20.2 Å². The Balaban J connectivity index is 1.38. The number of likely N-dealkylation sites (tertiary alicyclic amines) is 1. The molecule has 1 atom stereocenters. The number of hydrogen-bond acceptors (Lipinski definition) is 5. The minimum Gasteiger partial charge on any atom is -0.497 e. The van der Waals surface area contributed by atoms with Gasteiger partial charge in [0.05, 0.1) is 18.9 Å². The van der Waals surface area contributed by atoms with Crippen LogP contribution in [-0.2, 0) is 23.2 Å². The summed E-state index contributed by atoms with van der Waals surface area (Å²) in [5.41, 5.74) is 1.68. The standard InChI is InChI=1S/C24H24N4O3/c1-31-19-9-7-18(8-10-19)21-22(30)28-14-12-24(23(28)26-25-21)11-13-27(16-24)20(29)15-17-5-3-2-4-6-17/h2-10H,11-16H2,1H3. The van der Waals surface area contributed by atoms with Gasteiger partial charge in [0.1, 0.15) is 11.6 Å². The number of carbonyl (C=O) groups is 1. The van der Waals surface area contributed by atoms with Gasteiger partial charge in [-0.3, -0.25) is 14.2 Å². The van der Waals surface area contributed by atoms with Gasteiger partial charge in [-0.15, -0.1) is 10.2 Å². The third-order valence-electron chi connectivity index (χ3n) is 6.50. The van der Waals surface area contributed by atoms with Gasteiger partial charge < -0.3 is 9.64 Å². The fourth-order valence-electron chi connectivity index (χ4n) is 4.74. The smallest absolute Gasteiger partial charge is 0.280 e. The second-order valence-corrected chi connectivity index (χ2v) is 8.32. The van der Waals surface area contributed by atoms with Crippen LogP contribution in [0.2, 0.25) is 0 Å². The Morgan fingerprint density at radius 1 is 1.03 bits per heavy atom. The fourth-order valence-corrected chi connectivity index (χ4v) is 4.74. The van der Waals surface area contributed by atoms with Gasteiger partial charge in [-0.2, -0.15) is 0 Å². The molecule has 7 nitrogen and oxygen atoms in total. The van der Waals surface area contributed by atoms with Gasteiger partial charge in [0.25, 0.3) is 5.56 Å². The van der Waals surface area contributed by atoms with Crippen molar-refractivity contribution >= 4 is 5.91 Å². The zero-order chi connectivity index (χ0) is 21.4. The molecule has 1 spiro atoms. The number of benzene rings is 2. The van der Waals surface area contributed by atoms with E-state index in [0.717, 1.165) is 29.7 Å². The van der Waals surface area contributed by atoms with Gasteiger partial charge in [0, 0.05) is 25.2 Å². The molecule has 1 saturated heterocycles. The predicted octanol–water partition coefficient (Wildman–Crippen LogP) is 2.43. The van der Waals surface area contributed by atoms with Gasteiger partial charge in [0.15, 0.2) is 5.69 Å². The summed E-state index contributed by atoms with van der Waals surface area (Å²) in [6.45, 7) is 1.88.